The fourth-order valence-electron chi connectivity index (χ4n) is 2.86. The van der Waals surface area contributed by atoms with E-state index in [1.54, 1.807) is 6.33 Å². The molecule has 0 radical (unpaired) electrons. The zero-order valence-electron chi connectivity index (χ0n) is 11.4. The lowest BCUT2D eigenvalue weighted by Crippen LogP contribution is -2.29. The third-order valence-electron chi connectivity index (χ3n) is 3.96. The van der Waals surface area contributed by atoms with Gasteiger partial charge in [0.15, 0.2) is 0 Å². The Morgan fingerprint density at radius 2 is 1.95 bits per heavy atom. The molecule has 1 aliphatic rings. The van der Waals surface area contributed by atoms with E-state index in [1.807, 2.05) is 22.9 Å². The van der Waals surface area contributed by atoms with Crippen LogP contribution in [0.4, 0.5) is 0 Å². The maximum absolute atomic E-state index is 4.41. The molecule has 4 heteroatoms. The average Bonchev–Trinajstić information content (AvgIpc) is 3.11. The van der Waals surface area contributed by atoms with Crippen molar-refractivity contribution in [2.45, 2.75) is 38.3 Å². The molecule has 0 saturated heterocycles. The van der Waals surface area contributed by atoms with Crippen LogP contribution in [0, 0.1) is 0 Å². The molecule has 1 fully saturated rings. The number of hydrogen-bond donors (Lipinski definition) is 0. The molecule has 0 aliphatic heterocycles. The van der Waals surface area contributed by atoms with Crippen molar-refractivity contribution < 1.29 is 0 Å². The first-order valence-corrected chi connectivity index (χ1v) is 6.99. The van der Waals surface area contributed by atoms with Crippen molar-refractivity contribution in [1.82, 2.24) is 19.7 Å². The highest BCUT2D eigenvalue weighted by atomic mass is 15.4. The number of benzene rings is 1. The Labute approximate surface area is 114 Å². The van der Waals surface area contributed by atoms with Gasteiger partial charge in [0.2, 0.25) is 0 Å². The Kier molecular flexibility index (Phi) is 3.60. The highest BCUT2D eigenvalue weighted by Gasteiger charge is 2.21. The first-order chi connectivity index (χ1) is 9.34. The van der Waals surface area contributed by atoms with E-state index in [0.29, 0.717) is 6.04 Å². The van der Waals surface area contributed by atoms with Crippen molar-refractivity contribution in [2.75, 3.05) is 7.05 Å². The first kappa shape index (κ1) is 12.4. The van der Waals surface area contributed by atoms with Gasteiger partial charge in [0, 0.05) is 6.04 Å². The Morgan fingerprint density at radius 3 is 2.68 bits per heavy atom. The lowest BCUT2D eigenvalue weighted by atomic mass is 10.2. The topological polar surface area (TPSA) is 34.0 Å². The second-order valence-corrected chi connectivity index (χ2v) is 5.28. The van der Waals surface area contributed by atoms with Gasteiger partial charge >= 0.3 is 0 Å². The smallest absolute Gasteiger partial charge is 0.146 e. The number of aromatic nitrogens is 3. The molecule has 1 aromatic carbocycles. The van der Waals surface area contributed by atoms with Crippen LogP contribution in [-0.4, -0.2) is 32.8 Å². The highest BCUT2D eigenvalue weighted by Crippen LogP contribution is 2.23. The molecule has 0 unspecified atom stereocenters. The lowest BCUT2D eigenvalue weighted by molar-refractivity contribution is 0.230. The molecule has 4 nitrogen and oxygen atoms in total. The third kappa shape index (κ3) is 2.68. The van der Waals surface area contributed by atoms with Gasteiger partial charge in [-0.15, -0.1) is 0 Å². The molecule has 1 aromatic heterocycles. The molecule has 100 valence electrons. The van der Waals surface area contributed by atoms with Crippen LogP contribution < -0.4 is 0 Å². The van der Waals surface area contributed by atoms with Crippen LogP contribution in [0.1, 0.15) is 31.5 Å². The van der Waals surface area contributed by atoms with E-state index in [2.05, 4.69) is 34.2 Å². The highest BCUT2D eigenvalue weighted by molar-refractivity contribution is 5.30. The quantitative estimate of drug-likeness (QED) is 0.843. The van der Waals surface area contributed by atoms with Gasteiger partial charge in [-0.1, -0.05) is 31.0 Å². The molecule has 3 rings (SSSR count). The second kappa shape index (κ2) is 5.53. The van der Waals surface area contributed by atoms with Crippen molar-refractivity contribution >= 4 is 0 Å². The molecule has 0 spiro atoms. The normalized spacial score (nSPS) is 16.3. The molecule has 1 saturated carbocycles. The van der Waals surface area contributed by atoms with Crippen LogP contribution in [0.3, 0.4) is 0 Å². The zero-order chi connectivity index (χ0) is 13.1. The Bertz CT molecular complexity index is 514. The maximum atomic E-state index is 4.41. The van der Waals surface area contributed by atoms with Crippen molar-refractivity contribution in [1.29, 1.82) is 0 Å². The van der Waals surface area contributed by atoms with Gasteiger partial charge in [0.05, 0.1) is 12.2 Å². The fraction of sp³-hybridized carbons (Fsp3) is 0.467. The van der Waals surface area contributed by atoms with Gasteiger partial charge in [-0.25, -0.2) is 9.67 Å². The van der Waals surface area contributed by atoms with Crippen molar-refractivity contribution in [3.63, 3.8) is 0 Å². The van der Waals surface area contributed by atoms with Crippen LogP contribution in [0.15, 0.2) is 36.7 Å². The van der Waals surface area contributed by atoms with Crippen molar-refractivity contribution in [3.05, 3.63) is 42.5 Å². The lowest BCUT2D eigenvalue weighted by Gasteiger charge is -2.23. The minimum absolute atomic E-state index is 0.709. The van der Waals surface area contributed by atoms with E-state index in [-0.39, 0.29) is 0 Å². The van der Waals surface area contributed by atoms with Crippen molar-refractivity contribution in [3.8, 4) is 5.69 Å². The summed E-state index contributed by atoms with van der Waals surface area (Å²) in [7, 11) is 2.19. The molecule has 2 aromatic rings. The minimum Gasteiger partial charge on any atom is -0.296 e. The van der Waals surface area contributed by atoms with Crippen LogP contribution in [0.25, 0.3) is 5.69 Å². The maximum Gasteiger partial charge on any atom is 0.146 e. The number of hydrogen-bond acceptors (Lipinski definition) is 3. The van der Waals surface area contributed by atoms with Gasteiger partial charge in [-0.2, -0.15) is 5.10 Å². The fourth-order valence-corrected chi connectivity index (χ4v) is 2.86. The summed E-state index contributed by atoms with van der Waals surface area (Å²) in [6.07, 6.45) is 7.00. The summed E-state index contributed by atoms with van der Waals surface area (Å²) in [6, 6.07) is 10.9. The van der Waals surface area contributed by atoms with Gasteiger partial charge in [-0.05, 0) is 32.0 Å². The molecular formula is C15H20N4. The molecule has 0 atom stereocenters. The van der Waals surface area contributed by atoms with E-state index in [0.717, 1.165) is 18.1 Å². The van der Waals surface area contributed by atoms with Gasteiger partial charge in [0.1, 0.15) is 12.2 Å². The molecule has 0 bridgehead atoms. The van der Waals surface area contributed by atoms with Crippen LogP contribution in [0.2, 0.25) is 0 Å². The second-order valence-electron chi connectivity index (χ2n) is 5.28. The third-order valence-corrected chi connectivity index (χ3v) is 3.96. The van der Waals surface area contributed by atoms with E-state index in [1.165, 1.54) is 25.7 Å². The number of nitrogens with zero attached hydrogens (tertiary/aromatic N) is 4. The summed E-state index contributed by atoms with van der Waals surface area (Å²) in [5, 5.41) is 4.34. The van der Waals surface area contributed by atoms with Gasteiger partial charge < -0.3 is 0 Å². The summed E-state index contributed by atoms with van der Waals surface area (Å²) >= 11 is 0. The molecular weight excluding hydrogens is 236 g/mol. The van der Waals surface area contributed by atoms with Crippen LogP contribution in [0.5, 0.6) is 0 Å². The average molecular weight is 256 g/mol. The zero-order valence-corrected chi connectivity index (χ0v) is 11.4. The van der Waals surface area contributed by atoms with E-state index < -0.39 is 0 Å². The number of para-hydroxylation sites is 1. The first-order valence-electron chi connectivity index (χ1n) is 6.99. The van der Waals surface area contributed by atoms with E-state index in [9.17, 15) is 0 Å². The standard InChI is InChI=1S/C15H20N4/c1-18(13-7-5-6-8-13)11-15-16-12-17-19(15)14-9-3-2-4-10-14/h2-4,9-10,12-13H,5-8,11H2,1H3. The summed E-state index contributed by atoms with van der Waals surface area (Å²) in [5.74, 6) is 1.01. The van der Waals surface area contributed by atoms with Gasteiger partial charge in [-0.3, -0.25) is 4.90 Å². The summed E-state index contributed by atoms with van der Waals surface area (Å²) in [4.78, 5) is 6.83. The molecule has 1 aliphatic carbocycles. The summed E-state index contributed by atoms with van der Waals surface area (Å²) in [5.41, 5.74) is 1.08. The Morgan fingerprint density at radius 1 is 1.21 bits per heavy atom. The SMILES string of the molecule is CN(Cc1ncnn1-c1ccccc1)C1CCCC1. The Hall–Kier alpha value is -1.68. The Balaban J connectivity index is 1.77. The molecule has 19 heavy (non-hydrogen) atoms. The van der Waals surface area contributed by atoms with E-state index >= 15 is 0 Å². The minimum atomic E-state index is 0.709. The number of rotatable bonds is 4. The predicted molar refractivity (Wildman–Crippen MR) is 75.1 cm³/mol. The van der Waals surface area contributed by atoms with Crippen molar-refractivity contribution in [2.24, 2.45) is 0 Å². The molecule has 0 amide bonds. The van der Waals surface area contributed by atoms with E-state index in [4.69, 9.17) is 0 Å². The summed E-state index contributed by atoms with van der Waals surface area (Å²) in [6.45, 7) is 0.861. The monoisotopic (exact) mass is 256 g/mol. The summed E-state index contributed by atoms with van der Waals surface area (Å²) < 4.78 is 1.94. The molecule has 0 N–H and O–H groups in total. The largest absolute Gasteiger partial charge is 0.296 e. The van der Waals surface area contributed by atoms with Crippen LogP contribution in [-0.2, 0) is 6.54 Å². The van der Waals surface area contributed by atoms with Gasteiger partial charge in [0.25, 0.3) is 0 Å². The predicted octanol–water partition coefficient (Wildman–Crippen LogP) is 2.64. The van der Waals surface area contributed by atoms with Crippen LogP contribution >= 0.6 is 0 Å². The molecule has 1 heterocycles.